The Balaban J connectivity index is 1.44. The summed E-state index contributed by atoms with van der Waals surface area (Å²) in [7, 11) is 0. The average molecular weight is 398 g/mol. The van der Waals surface area contributed by atoms with Gasteiger partial charge in [0, 0.05) is 12.1 Å². The van der Waals surface area contributed by atoms with Gasteiger partial charge in [-0.05, 0) is 41.3 Å². The summed E-state index contributed by atoms with van der Waals surface area (Å²) >= 11 is 0. The van der Waals surface area contributed by atoms with Gasteiger partial charge < -0.3 is 15.4 Å². The van der Waals surface area contributed by atoms with Crippen LogP contribution in [-0.4, -0.2) is 18.4 Å². The molecule has 1 aliphatic heterocycles. The largest absolute Gasteiger partial charge is 0.449 e. The molecule has 3 aromatic rings. The van der Waals surface area contributed by atoms with Crippen LogP contribution in [0.15, 0.2) is 84.6 Å². The highest BCUT2D eigenvalue weighted by atomic mass is 16.5. The summed E-state index contributed by atoms with van der Waals surface area (Å²) in [5, 5.41) is 5.76. The van der Waals surface area contributed by atoms with E-state index >= 15 is 0 Å². The van der Waals surface area contributed by atoms with Gasteiger partial charge >= 0.3 is 0 Å². The van der Waals surface area contributed by atoms with E-state index in [-0.39, 0.29) is 23.5 Å². The third-order valence-corrected chi connectivity index (χ3v) is 4.97. The lowest BCUT2D eigenvalue weighted by Gasteiger charge is -2.21. The molecule has 0 radical (unpaired) electrons. The predicted molar refractivity (Wildman–Crippen MR) is 117 cm³/mol. The number of rotatable bonds is 5. The third-order valence-electron chi connectivity index (χ3n) is 4.97. The molecule has 0 aromatic heterocycles. The van der Waals surface area contributed by atoms with Crippen LogP contribution in [0.25, 0.3) is 6.08 Å². The summed E-state index contributed by atoms with van der Waals surface area (Å²) in [4.78, 5) is 25.0. The maximum Gasteiger partial charge on any atom is 0.291 e. The summed E-state index contributed by atoms with van der Waals surface area (Å²) in [6, 6.07) is 24.5. The van der Waals surface area contributed by atoms with Crippen LogP contribution in [0.2, 0.25) is 0 Å². The first-order chi connectivity index (χ1) is 14.6. The Morgan fingerprint density at radius 2 is 1.73 bits per heavy atom. The molecule has 0 saturated carbocycles. The molecular formula is C25H22N2O3. The van der Waals surface area contributed by atoms with Crippen LogP contribution < -0.4 is 15.4 Å². The Hall–Kier alpha value is -3.86. The van der Waals surface area contributed by atoms with Crippen molar-refractivity contribution in [1.29, 1.82) is 0 Å². The fourth-order valence-electron chi connectivity index (χ4n) is 3.25. The highest BCUT2D eigenvalue weighted by molar-refractivity contribution is 6.09. The fraction of sp³-hybridized carbons (Fsp3) is 0.120. The van der Waals surface area contributed by atoms with E-state index in [0.717, 1.165) is 5.56 Å². The average Bonchev–Trinajstić information content (AvgIpc) is 2.78. The van der Waals surface area contributed by atoms with Gasteiger partial charge in [0.2, 0.25) is 0 Å². The van der Waals surface area contributed by atoms with Crippen LogP contribution in [0, 0.1) is 0 Å². The number of nitrogens with one attached hydrogen (secondary N) is 2. The molecule has 0 spiro atoms. The molecule has 3 aromatic carbocycles. The smallest absolute Gasteiger partial charge is 0.291 e. The highest BCUT2D eigenvalue weighted by Crippen LogP contribution is 2.32. The zero-order valence-electron chi connectivity index (χ0n) is 16.6. The summed E-state index contributed by atoms with van der Waals surface area (Å²) in [5.74, 6) is 0.372. The van der Waals surface area contributed by atoms with Crippen molar-refractivity contribution in [2.45, 2.75) is 12.8 Å². The number of fused-ring (bicyclic) bond motifs is 1. The number of hydrogen-bond acceptors (Lipinski definition) is 3. The van der Waals surface area contributed by atoms with E-state index in [1.165, 1.54) is 5.56 Å². The molecule has 0 bridgehead atoms. The minimum atomic E-state index is -0.346. The van der Waals surface area contributed by atoms with Crippen molar-refractivity contribution >= 4 is 23.6 Å². The molecule has 5 nitrogen and oxygen atoms in total. The van der Waals surface area contributed by atoms with Crippen molar-refractivity contribution in [3.05, 3.63) is 101 Å². The molecule has 30 heavy (non-hydrogen) atoms. The Bertz CT molecular complexity index is 1090. The first-order valence-electron chi connectivity index (χ1n) is 9.83. The van der Waals surface area contributed by atoms with Gasteiger partial charge in [0.1, 0.15) is 0 Å². The van der Waals surface area contributed by atoms with Crippen LogP contribution in [-0.2, 0) is 4.79 Å². The number of benzene rings is 3. The van der Waals surface area contributed by atoms with Crippen LogP contribution in [0.5, 0.6) is 5.75 Å². The summed E-state index contributed by atoms with van der Waals surface area (Å²) < 4.78 is 5.76. The quantitative estimate of drug-likeness (QED) is 0.618. The summed E-state index contributed by atoms with van der Waals surface area (Å²) in [6.07, 6.45) is 1.68. The zero-order chi connectivity index (χ0) is 20.9. The maximum atomic E-state index is 12.6. The molecule has 1 aliphatic rings. The molecule has 5 heteroatoms. The molecular weight excluding hydrogens is 376 g/mol. The van der Waals surface area contributed by atoms with Gasteiger partial charge in [-0.1, -0.05) is 67.6 Å². The third kappa shape index (κ3) is 4.41. The van der Waals surface area contributed by atoms with Crippen molar-refractivity contribution in [1.82, 2.24) is 5.32 Å². The van der Waals surface area contributed by atoms with Crippen molar-refractivity contribution in [3.8, 4) is 5.75 Å². The van der Waals surface area contributed by atoms with E-state index in [4.69, 9.17) is 4.74 Å². The molecule has 2 N–H and O–H groups in total. The van der Waals surface area contributed by atoms with Gasteiger partial charge in [-0.2, -0.15) is 0 Å². The van der Waals surface area contributed by atoms with Gasteiger partial charge in [-0.3, -0.25) is 9.59 Å². The SMILES string of the molecule is C[C@H](CNC(=O)c1ccc2c(c1)NC(=O)/C(=C/c1ccccc1)O2)c1ccccc1. The molecule has 0 saturated heterocycles. The number of carbonyl (C=O) groups excluding carboxylic acids is 2. The normalized spacial score (nSPS) is 15.0. The van der Waals surface area contributed by atoms with E-state index in [1.54, 1.807) is 24.3 Å². The highest BCUT2D eigenvalue weighted by Gasteiger charge is 2.23. The van der Waals surface area contributed by atoms with E-state index in [1.807, 2.05) is 60.7 Å². The lowest BCUT2D eigenvalue weighted by Crippen LogP contribution is -2.28. The molecule has 0 unspecified atom stereocenters. The van der Waals surface area contributed by atoms with Crippen LogP contribution in [0.4, 0.5) is 5.69 Å². The Morgan fingerprint density at radius 1 is 1.03 bits per heavy atom. The van der Waals surface area contributed by atoms with E-state index in [9.17, 15) is 9.59 Å². The van der Waals surface area contributed by atoms with Crippen molar-refractivity contribution in [2.24, 2.45) is 0 Å². The number of anilines is 1. The number of hydrogen-bond donors (Lipinski definition) is 2. The topological polar surface area (TPSA) is 67.4 Å². The summed E-state index contributed by atoms with van der Waals surface area (Å²) in [6.45, 7) is 2.59. The first kappa shape index (κ1) is 19.5. The number of ether oxygens (including phenoxy) is 1. The van der Waals surface area contributed by atoms with E-state index < -0.39 is 0 Å². The van der Waals surface area contributed by atoms with E-state index in [0.29, 0.717) is 23.5 Å². The molecule has 1 atom stereocenters. The maximum absolute atomic E-state index is 12.6. The predicted octanol–water partition coefficient (Wildman–Crippen LogP) is 4.59. The Labute approximate surface area is 175 Å². The van der Waals surface area contributed by atoms with E-state index in [2.05, 4.69) is 17.6 Å². The molecule has 0 fully saturated rings. The Morgan fingerprint density at radius 3 is 2.47 bits per heavy atom. The van der Waals surface area contributed by atoms with Gasteiger partial charge in [0.25, 0.3) is 11.8 Å². The molecule has 1 heterocycles. The second-order valence-corrected chi connectivity index (χ2v) is 7.21. The molecule has 4 rings (SSSR count). The van der Waals surface area contributed by atoms with Gasteiger partial charge in [-0.25, -0.2) is 0 Å². The second kappa shape index (κ2) is 8.66. The number of carbonyl (C=O) groups is 2. The minimum absolute atomic E-state index is 0.194. The fourth-order valence-corrected chi connectivity index (χ4v) is 3.25. The lowest BCUT2D eigenvalue weighted by atomic mass is 10.0. The molecule has 0 aliphatic carbocycles. The van der Waals surface area contributed by atoms with Gasteiger partial charge in [0.15, 0.2) is 11.5 Å². The van der Waals surface area contributed by atoms with Gasteiger partial charge in [-0.15, -0.1) is 0 Å². The Kier molecular flexibility index (Phi) is 5.61. The van der Waals surface area contributed by atoms with Crippen molar-refractivity contribution in [2.75, 3.05) is 11.9 Å². The van der Waals surface area contributed by atoms with Crippen LogP contribution in [0.3, 0.4) is 0 Å². The van der Waals surface area contributed by atoms with Crippen molar-refractivity contribution in [3.63, 3.8) is 0 Å². The molecule has 2 amide bonds. The van der Waals surface area contributed by atoms with Crippen molar-refractivity contribution < 1.29 is 14.3 Å². The lowest BCUT2D eigenvalue weighted by molar-refractivity contribution is -0.115. The summed E-state index contributed by atoms with van der Waals surface area (Å²) in [5.41, 5.74) is 2.98. The standard InChI is InChI=1S/C25H22N2O3/c1-17(19-10-6-3-7-11-19)16-26-24(28)20-12-13-22-21(15-20)27-25(29)23(30-22)14-18-8-4-2-5-9-18/h2-15,17H,16H2,1H3,(H,26,28)(H,27,29)/b23-14-/t17-/m1/s1. The second-order valence-electron chi connectivity index (χ2n) is 7.21. The zero-order valence-corrected chi connectivity index (χ0v) is 16.6. The minimum Gasteiger partial charge on any atom is -0.449 e. The number of amides is 2. The monoisotopic (exact) mass is 398 g/mol. The van der Waals surface area contributed by atoms with Gasteiger partial charge in [0.05, 0.1) is 5.69 Å². The molecule has 150 valence electrons. The van der Waals surface area contributed by atoms with Crippen LogP contribution in [0.1, 0.15) is 34.3 Å². The van der Waals surface area contributed by atoms with Crippen LogP contribution >= 0.6 is 0 Å². The first-order valence-corrected chi connectivity index (χ1v) is 9.83.